The predicted molar refractivity (Wildman–Crippen MR) is 187 cm³/mol. The van der Waals surface area contributed by atoms with Crippen molar-refractivity contribution in [1.29, 1.82) is 0 Å². The van der Waals surface area contributed by atoms with E-state index in [1.165, 1.54) is 11.3 Å². The molecule has 5 aromatic rings. The van der Waals surface area contributed by atoms with Crippen molar-refractivity contribution in [1.82, 2.24) is 4.57 Å². The fourth-order valence-corrected chi connectivity index (χ4v) is 6.96. The standard InChI is InChI=1S/C36H28Br2N2O5S/c1-3-44-35(42)31-32(24-8-5-4-6-9-24)39-36-40(33(31)25-10-7-11-27(20-25)43-2)34(41)30(46-36)19-23-14-17-29(28(38)18-23)45-21-22-12-15-26(37)16-13-22/h4-20,33H,3,21H2,1-2H3/b30-19-/t33-/m0/s1. The number of ether oxygens (including phenoxy) is 3. The molecule has 7 nitrogen and oxygen atoms in total. The second-order valence-electron chi connectivity index (χ2n) is 10.3. The molecule has 232 valence electrons. The Morgan fingerprint density at radius 1 is 0.978 bits per heavy atom. The van der Waals surface area contributed by atoms with E-state index in [1.54, 1.807) is 18.6 Å². The Bertz CT molecular complexity index is 2120. The number of carbonyl (C=O) groups excluding carboxylic acids is 1. The first kappa shape index (κ1) is 31.7. The first-order valence-corrected chi connectivity index (χ1v) is 16.9. The van der Waals surface area contributed by atoms with Gasteiger partial charge in [0, 0.05) is 10.0 Å². The summed E-state index contributed by atoms with van der Waals surface area (Å²) in [6.45, 7) is 2.35. The second-order valence-corrected chi connectivity index (χ2v) is 13.1. The third-order valence-electron chi connectivity index (χ3n) is 7.34. The molecule has 0 unspecified atom stereocenters. The summed E-state index contributed by atoms with van der Waals surface area (Å²) in [5, 5.41) is 0. The van der Waals surface area contributed by atoms with Crippen LogP contribution in [0.5, 0.6) is 11.5 Å². The van der Waals surface area contributed by atoms with Crippen molar-refractivity contribution in [2.24, 2.45) is 4.99 Å². The first-order chi connectivity index (χ1) is 22.4. The second kappa shape index (κ2) is 14.0. The Kier molecular flexibility index (Phi) is 9.67. The topological polar surface area (TPSA) is 79.1 Å². The van der Waals surface area contributed by atoms with Crippen molar-refractivity contribution in [3.63, 3.8) is 0 Å². The fourth-order valence-electron chi connectivity index (χ4n) is 5.18. The molecule has 0 fully saturated rings. The summed E-state index contributed by atoms with van der Waals surface area (Å²) in [4.78, 5) is 33.2. The molecule has 0 radical (unpaired) electrons. The lowest BCUT2D eigenvalue weighted by Gasteiger charge is -2.26. The summed E-state index contributed by atoms with van der Waals surface area (Å²) in [5.41, 5.74) is 3.79. The van der Waals surface area contributed by atoms with E-state index in [-0.39, 0.29) is 17.7 Å². The predicted octanol–water partition coefficient (Wildman–Crippen LogP) is 7.05. The van der Waals surface area contributed by atoms with E-state index >= 15 is 0 Å². The van der Waals surface area contributed by atoms with Crippen LogP contribution in [0.1, 0.15) is 35.2 Å². The zero-order valence-electron chi connectivity index (χ0n) is 24.9. The van der Waals surface area contributed by atoms with Crippen molar-refractivity contribution in [3.05, 3.63) is 154 Å². The minimum atomic E-state index is -0.788. The van der Waals surface area contributed by atoms with Crippen LogP contribution < -0.4 is 24.4 Å². The van der Waals surface area contributed by atoms with Gasteiger partial charge in [0.2, 0.25) is 0 Å². The number of hydrogen-bond donors (Lipinski definition) is 0. The zero-order chi connectivity index (χ0) is 32.2. The molecule has 0 N–H and O–H groups in total. The van der Waals surface area contributed by atoms with Gasteiger partial charge in [0.05, 0.1) is 40.0 Å². The van der Waals surface area contributed by atoms with Crippen molar-refractivity contribution in [2.45, 2.75) is 19.6 Å². The number of halogens is 2. The molecule has 0 bridgehead atoms. The number of carbonyl (C=O) groups is 1. The Balaban J connectivity index is 1.46. The van der Waals surface area contributed by atoms with Crippen molar-refractivity contribution < 1.29 is 19.0 Å². The molecule has 1 aliphatic rings. The Morgan fingerprint density at radius 2 is 1.76 bits per heavy atom. The van der Waals surface area contributed by atoms with Gasteiger partial charge >= 0.3 is 5.97 Å². The van der Waals surface area contributed by atoms with Crippen molar-refractivity contribution in [3.8, 4) is 11.5 Å². The van der Waals surface area contributed by atoms with Crippen LogP contribution in [0.3, 0.4) is 0 Å². The lowest BCUT2D eigenvalue weighted by molar-refractivity contribution is -0.138. The molecule has 6 rings (SSSR count). The van der Waals surface area contributed by atoms with E-state index in [2.05, 4.69) is 31.9 Å². The van der Waals surface area contributed by atoms with Gasteiger partial charge in [-0.25, -0.2) is 9.79 Å². The molecule has 1 aromatic heterocycles. The highest BCUT2D eigenvalue weighted by Crippen LogP contribution is 2.36. The minimum Gasteiger partial charge on any atom is -0.497 e. The molecule has 10 heteroatoms. The van der Waals surface area contributed by atoms with Gasteiger partial charge in [-0.05, 0) is 82.0 Å². The number of rotatable bonds is 9. The summed E-state index contributed by atoms with van der Waals surface area (Å²) in [7, 11) is 1.58. The summed E-state index contributed by atoms with van der Waals surface area (Å²) in [6, 6.07) is 29.7. The molecule has 0 amide bonds. The maximum absolute atomic E-state index is 14.2. The summed E-state index contributed by atoms with van der Waals surface area (Å²) >= 11 is 8.35. The molecule has 0 aliphatic carbocycles. The molecule has 0 saturated heterocycles. The van der Waals surface area contributed by atoms with Crippen LogP contribution in [-0.2, 0) is 16.1 Å². The average Bonchev–Trinajstić information content (AvgIpc) is 3.38. The first-order valence-electron chi connectivity index (χ1n) is 14.5. The number of hydrogen-bond acceptors (Lipinski definition) is 7. The Labute approximate surface area is 286 Å². The third-order valence-corrected chi connectivity index (χ3v) is 9.48. The highest BCUT2D eigenvalue weighted by atomic mass is 79.9. The number of thiazole rings is 1. The van der Waals surface area contributed by atoms with E-state index in [0.29, 0.717) is 38.7 Å². The number of methoxy groups -OCH3 is 1. The van der Waals surface area contributed by atoms with E-state index in [0.717, 1.165) is 25.6 Å². The van der Waals surface area contributed by atoms with Crippen molar-refractivity contribution in [2.75, 3.05) is 13.7 Å². The van der Waals surface area contributed by atoms with Crippen LogP contribution in [-0.4, -0.2) is 24.3 Å². The van der Waals surface area contributed by atoms with Gasteiger partial charge in [0.15, 0.2) is 4.80 Å². The van der Waals surface area contributed by atoms with E-state index in [9.17, 15) is 9.59 Å². The molecular weight excluding hydrogens is 732 g/mol. The third kappa shape index (κ3) is 6.65. The van der Waals surface area contributed by atoms with Crippen LogP contribution in [0.15, 0.2) is 121 Å². The molecule has 0 spiro atoms. The molecule has 1 aliphatic heterocycles. The Morgan fingerprint density at radius 3 is 2.48 bits per heavy atom. The zero-order valence-corrected chi connectivity index (χ0v) is 28.9. The minimum absolute atomic E-state index is 0.178. The normalized spacial score (nSPS) is 14.4. The number of aromatic nitrogens is 1. The SMILES string of the molecule is CCOC(=O)C1=C(c2ccccc2)N=c2s/c(=C\c3ccc(OCc4ccc(Br)cc4)c(Br)c3)c(=O)n2[C@H]1c1cccc(OC)c1. The highest BCUT2D eigenvalue weighted by molar-refractivity contribution is 9.10. The van der Waals surface area contributed by atoms with Crippen LogP contribution in [0.4, 0.5) is 0 Å². The number of benzene rings is 4. The largest absolute Gasteiger partial charge is 0.497 e. The molecule has 2 heterocycles. The van der Waals surface area contributed by atoms with E-state index < -0.39 is 12.0 Å². The Hall–Kier alpha value is -4.25. The van der Waals surface area contributed by atoms with Gasteiger partial charge in [-0.2, -0.15) is 0 Å². The summed E-state index contributed by atoms with van der Waals surface area (Å²) in [5.74, 6) is 0.759. The average molecular weight is 761 g/mol. The van der Waals surface area contributed by atoms with Crippen LogP contribution in [0, 0.1) is 0 Å². The van der Waals surface area contributed by atoms with E-state index in [1.807, 2.05) is 103 Å². The lowest BCUT2D eigenvalue weighted by atomic mass is 9.93. The fraction of sp³-hybridized carbons (Fsp3) is 0.139. The van der Waals surface area contributed by atoms with E-state index in [4.69, 9.17) is 19.2 Å². The van der Waals surface area contributed by atoms with Crippen LogP contribution >= 0.6 is 43.2 Å². The van der Waals surface area contributed by atoms with Gasteiger partial charge in [0.1, 0.15) is 18.1 Å². The van der Waals surface area contributed by atoms with Gasteiger partial charge in [-0.3, -0.25) is 9.36 Å². The summed E-state index contributed by atoms with van der Waals surface area (Å²) in [6.07, 6.45) is 1.83. The summed E-state index contributed by atoms with van der Waals surface area (Å²) < 4.78 is 20.9. The molecule has 1 atom stereocenters. The lowest BCUT2D eigenvalue weighted by Crippen LogP contribution is -2.40. The molecular formula is C36H28Br2N2O5S. The molecule has 4 aromatic carbocycles. The van der Waals surface area contributed by atoms with Crippen LogP contribution in [0.25, 0.3) is 11.8 Å². The monoisotopic (exact) mass is 758 g/mol. The maximum Gasteiger partial charge on any atom is 0.338 e. The smallest absolute Gasteiger partial charge is 0.338 e. The van der Waals surface area contributed by atoms with Crippen molar-refractivity contribution >= 4 is 60.9 Å². The highest BCUT2D eigenvalue weighted by Gasteiger charge is 2.35. The van der Waals surface area contributed by atoms with Gasteiger partial charge in [-0.1, -0.05) is 87.9 Å². The van der Waals surface area contributed by atoms with Gasteiger partial charge < -0.3 is 14.2 Å². The van der Waals surface area contributed by atoms with Gasteiger partial charge in [0.25, 0.3) is 5.56 Å². The maximum atomic E-state index is 14.2. The number of esters is 1. The van der Waals surface area contributed by atoms with Crippen LogP contribution in [0.2, 0.25) is 0 Å². The molecule has 0 saturated carbocycles. The molecule has 46 heavy (non-hydrogen) atoms. The number of fused-ring (bicyclic) bond motifs is 1. The number of nitrogens with zero attached hydrogens (tertiary/aromatic N) is 2. The van der Waals surface area contributed by atoms with Gasteiger partial charge in [-0.15, -0.1) is 0 Å². The quantitative estimate of drug-likeness (QED) is 0.151.